The van der Waals surface area contributed by atoms with Crippen molar-refractivity contribution in [3.63, 3.8) is 0 Å². The Labute approximate surface area is 161 Å². The zero-order chi connectivity index (χ0) is 19.4. The number of carbonyl (C=O) groups excluding carboxylic acids is 2. The molecule has 3 rings (SSSR count). The summed E-state index contributed by atoms with van der Waals surface area (Å²) in [4.78, 5) is 24.5. The van der Waals surface area contributed by atoms with Crippen LogP contribution in [0.5, 0.6) is 0 Å². The van der Waals surface area contributed by atoms with Crippen LogP contribution >= 0.6 is 23.5 Å². The van der Waals surface area contributed by atoms with E-state index in [4.69, 9.17) is 0 Å². The van der Waals surface area contributed by atoms with Gasteiger partial charge in [-0.2, -0.15) is 13.2 Å². The number of thioether (sulfide) groups is 2. The fraction of sp³-hybridized carbons (Fsp3) is 0.111. The molecule has 0 fully saturated rings. The number of rotatable bonds is 4. The first-order chi connectivity index (χ1) is 12.8. The second kappa shape index (κ2) is 8.10. The van der Waals surface area contributed by atoms with Gasteiger partial charge >= 0.3 is 5.51 Å². The van der Waals surface area contributed by atoms with Crippen molar-refractivity contribution >= 4 is 52.8 Å². The summed E-state index contributed by atoms with van der Waals surface area (Å²) in [5, 5.41) is 5.42. The second-order valence-electron chi connectivity index (χ2n) is 5.49. The molecular weight excluding hydrogens is 397 g/mol. The van der Waals surface area contributed by atoms with Crippen LogP contribution in [0.2, 0.25) is 0 Å². The van der Waals surface area contributed by atoms with Gasteiger partial charge < -0.3 is 10.6 Å². The number of anilines is 2. The number of hydrogen-bond acceptors (Lipinski definition) is 4. The third-order valence-corrected chi connectivity index (χ3v) is 5.23. The first-order valence-corrected chi connectivity index (χ1v) is 9.50. The van der Waals surface area contributed by atoms with Crippen LogP contribution in [0.25, 0.3) is 6.08 Å². The maximum atomic E-state index is 12.3. The van der Waals surface area contributed by atoms with Gasteiger partial charge in [-0.05, 0) is 53.7 Å². The minimum absolute atomic E-state index is 0.0816. The Balaban J connectivity index is 1.60. The van der Waals surface area contributed by atoms with E-state index < -0.39 is 11.4 Å². The molecule has 0 spiro atoms. The molecule has 2 aromatic rings. The highest BCUT2D eigenvalue weighted by Crippen LogP contribution is 2.36. The van der Waals surface area contributed by atoms with Crippen LogP contribution in [0, 0.1) is 0 Å². The molecule has 140 valence electrons. The average molecular weight is 410 g/mol. The Morgan fingerprint density at radius 3 is 2.63 bits per heavy atom. The first kappa shape index (κ1) is 19.4. The van der Waals surface area contributed by atoms with Gasteiger partial charge in [0.25, 0.3) is 0 Å². The average Bonchev–Trinajstić information content (AvgIpc) is 2.59. The molecule has 0 atom stereocenters. The van der Waals surface area contributed by atoms with Gasteiger partial charge in [0.15, 0.2) is 0 Å². The third-order valence-electron chi connectivity index (χ3n) is 3.42. The minimum Gasteiger partial charge on any atom is -0.324 e. The summed E-state index contributed by atoms with van der Waals surface area (Å²) < 4.78 is 36.9. The third kappa shape index (κ3) is 5.80. The van der Waals surface area contributed by atoms with Gasteiger partial charge in [-0.3, -0.25) is 9.59 Å². The summed E-state index contributed by atoms with van der Waals surface area (Å²) in [6.45, 7) is 0. The molecule has 2 aromatic carbocycles. The lowest BCUT2D eigenvalue weighted by Gasteiger charge is -2.17. The van der Waals surface area contributed by atoms with Crippen LogP contribution in [0.3, 0.4) is 0 Å². The molecule has 0 saturated carbocycles. The number of alkyl halides is 3. The maximum absolute atomic E-state index is 12.3. The van der Waals surface area contributed by atoms with Crippen molar-refractivity contribution in [1.29, 1.82) is 0 Å². The smallest absolute Gasteiger partial charge is 0.324 e. The van der Waals surface area contributed by atoms with Crippen molar-refractivity contribution in [2.45, 2.75) is 15.3 Å². The molecule has 0 bridgehead atoms. The van der Waals surface area contributed by atoms with E-state index in [1.807, 2.05) is 6.07 Å². The van der Waals surface area contributed by atoms with E-state index >= 15 is 0 Å². The standard InChI is InChI=1S/C18H13F3N2O2S2/c19-18(20,21)27-13-5-1-11(2-6-13)3-8-16(24)22-12-4-7-15-14(9-12)23-17(25)10-26-15/h1-9H,10H2,(H,22,24)(H,23,25)/b8-3+. The number of carbonyl (C=O) groups is 2. The summed E-state index contributed by atoms with van der Waals surface area (Å²) in [5.74, 6) is -0.122. The molecule has 1 aliphatic heterocycles. The molecule has 2 N–H and O–H groups in total. The van der Waals surface area contributed by atoms with Crippen molar-refractivity contribution < 1.29 is 22.8 Å². The van der Waals surface area contributed by atoms with E-state index in [2.05, 4.69) is 10.6 Å². The molecule has 4 nitrogen and oxygen atoms in total. The zero-order valence-electron chi connectivity index (χ0n) is 13.7. The largest absolute Gasteiger partial charge is 0.446 e. The van der Waals surface area contributed by atoms with Gasteiger partial charge in [0.2, 0.25) is 11.8 Å². The van der Waals surface area contributed by atoms with Crippen molar-refractivity contribution in [1.82, 2.24) is 0 Å². The fourth-order valence-corrected chi connectivity index (χ4v) is 3.63. The van der Waals surface area contributed by atoms with E-state index in [1.165, 1.54) is 48.2 Å². The number of nitrogens with one attached hydrogen (secondary N) is 2. The molecule has 9 heteroatoms. The van der Waals surface area contributed by atoms with E-state index in [9.17, 15) is 22.8 Å². The number of fused-ring (bicyclic) bond motifs is 1. The summed E-state index contributed by atoms with van der Waals surface area (Å²) in [6, 6.07) is 10.9. The Hall–Kier alpha value is -2.39. The van der Waals surface area contributed by atoms with Gasteiger partial charge in [0, 0.05) is 21.6 Å². The highest BCUT2D eigenvalue weighted by atomic mass is 32.2. The maximum Gasteiger partial charge on any atom is 0.446 e. The Morgan fingerprint density at radius 2 is 1.93 bits per heavy atom. The van der Waals surface area contributed by atoms with E-state index in [0.717, 1.165) is 4.90 Å². The number of halogens is 3. The van der Waals surface area contributed by atoms with Gasteiger partial charge in [-0.1, -0.05) is 12.1 Å². The number of amides is 2. The summed E-state index contributed by atoms with van der Waals surface area (Å²) in [7, 11) is 0. The highest BCUT2D eigenvalue weighted by molar-refractivity contribution is 8.00. The molecule has 1 aliphatic rings. The molecule has 1 heterocycles. The van der Waals surface area contributed by atoms with Crippen molar-refractivity contribution in [2.75, 3.05) is 16.4 Å². The quantitative estimate of drug-likeness (QED) is 0.551. The molecule has 0 aliphatic carbocycles. The zero-order valence-corrected chi connectivity index (χ0v) is 15.3. The van der Waals surface area contributed by atoms with Crippen LogP contribution in [0.15, 0.2) is 58.3 Å². The lowest BCUT2D eigenvalue weighted by molar-refractivity contribution is -0.114. The molecule has 2 amide bonds. The Morgan fingerprint density at radius 1 is 1.19 bits per heavy atom. The minimum atomic E-state index is -4.33. The second-order valence-corrected chi connectivity index (χ2v) is 7.64. The Kier molecular flexibility index (Phi) is 5.81. The van der Waals surface area contributed by atoms with Crippen molar-refractivity contribution in [3.8, 4) is 0 Å². The molecule has 0 radical (unpaired) electrons. The van der Waals surface area contributed by atoms with Gasteiger partial charge in [-0.15, -0.1) is 11.8 Å². The summed E-state index contributed by atoms with van der Waals surface area (Å²) in [5.41, 5.74) is -2.55. The van der Waals surface area contributed by atoms with Gasteiger partial charge in [-0.25, -0.2) is 0 Å². The molecule has 0 unspecified atom stereocenters. The predicted molar refractivity (Wildman–Crippen MR) is 102 cm³/mol. The topological polar surface area (TPSA) is 58.2 Å². The first-order valence-electron chi connectivity index (χ1n) is 7.70. The summed E-state index contributed by atoms with van der Waals surface area (Å²) in [6.07, 6.45) is 2.80. The summed E-state index contributed by atoms with van der Waals surface area (Å²) >= 11 is 1.24. The van der Waals surface area contributed by atoms with Gasteiger partial charge in [0.1, 0.15) is 0 Å². The Bertz CT molecular complexity index is 896. The molecule has 0 aromatic heterocycles. The monoisotopic (exact) mass is 410 g/mol. The number of benzene rings is 2. The number of hydrogen-bond donors (Lipinski definition) is 2. The normalized spacial score (nSPS) is 14.0. The van der Waals surface area contributed by atoms with E-state index in [-0.39, 0.29) is 22.6 Å². The van der Waals surface area contributed by atoms with Crippen LogP contribution in [0.1, 0.15) is 5.56 Å². The van der Waals surface area contributed by atoms with Crippen LogP contribution in [-0.4, -0.2) is 23.1 Å². The lowest BCUT2D eigenvalue weighted by Crippen LogP contribution is -2.19. The fourth-order valence-electron chi connectivity index (χ4n) is 2.30. The molecule has 0 saturated heterocycles. The van der Waals surface area contributed by atoms with E-state index in [1.54, 1.807) is 12.1 Å². The molecular formula is C18H13F3N2O2S2. The van der Waals surface area contributed by atoms with Crippen molar-refractivity contribution in [3.05, 3.63) is 54.1 Å². The molecule has 27 heavy (non-hydrogen) atoms. The van der Waals surface area contributed by atoms with Crippen LogP contribution in [0.4, 0.5) is 24.5 Å². The lowest BCUT2D eigenvalue weighted by atomic mass is 10.2. The van der Waals surface area contributed by atoms with Crippen LogP contribution < -0.4 is 10.6 Å². The highest BCUT2D eigenvalue weighted by Gasteiger charge is 2.28. The van der Waals surface area contributed by atoms with Gasteiger partial charge in [0.05, 0.1) is 11.4 Å². The van der Waals surface area contributed by atoms with Crippen molar-refractivity contribution in [2.24, 2.45) is 0 Å². The van der Waals surface area contributed by atoms with E-state index in [0.29, 0.717) is 22.7 Å². The predicted octanol–water partition coefficient (Wildman–Crippen LogP) is 4.99. The van der Waals surface area contributed by atoms with Crippen LogP contribution in [-0.2, 0) is 9.59 Å². The SMILES string of the molecule is O=C(/C=C/c1ccc(SC(F)(F)F)cc1)Nc1ccc2c(c1)NC(=O)CS2.